The number of benzene rings is 1. The highest BCUT2D eigenvalue weighted by Crippen LogP contribution is 2.41. The molecule has 1 fully saturated rings. The van der Waals surface area contributed by atoms with Crippen molar-refractivity contribution in [1.29, 1.82) is 5.26 Å². The van der Waals surface area contributed by atoms with Crippen LogP contribution in [0.15, 0.2) is 28.7 Å². The summed E-state index contributed by atoms with van der Waals surface area (Å²) in [5.74, 6) is -4.81. The van der Waals surface area contributed by atoms with Crippen molar-refractivity contribution < 1.29 is 13.6 Å². The van der Waals surface area contributed by atoms with Gasteiger partial charge in [0.25, 0.3) is 0 Å². The molecule has 0 aliphatic heterocycles. The number of carbonyl (C=O) groups is 1. The van der Waals surface area contributed by atoms with Crippen LogP contribution in [0.2, 0.25) is 0 Å². The highest BCUT2D eigenvalue weighted by atomic mass is 79.9. The summed E-state index contributed by atoms with van der Waals surface area (Å²) in [6.45, 7) is 0. The van der Waals surface area contributed by atoms with Crippen LogP contribution in [0.4, 0.5) is 8.78 Å². The van der Waals surface area contributed by atoms with Gasteiger partial charge in [-0.2, -0.15) is 5.26 Å². The van der Waals surface area contributed by atoms with Gasteiger partial charge in [0.2, 0.25) is 5.92 Å². The number of alkyl halides is 2. The molecular formula is C14H12BrF2NO. The average Bonchev–Trinajstić information content (AvgIpc) is 2.73. The van der Waals surface area contributed by atoms with Crippen LogP contribution in [0.3, 0.4) is 0 Å². The van der Waals surface area contributed by atoms with Gasteiger partial charge in [0.1, 0.15) is 5.92 Å². The summed E-state index contributed by atoms with van der Waals surface area (Å²) < 4.78 is 27.1. The number of ketones is 1. The Hall–Kier alpha value is -1.28. The predicted molar refractivity (Wildman–Crippen MR) is 69.8 cm³/mol. The molecule has 0 aromatic heterocycles. The molecule has 0 N–H and O–H groups in total. The summed E-state index contributed by atoms with van der Waals surface area (Å²) in [6.07, 6.45) is -0.525. The molecule has 2 atom stereocenters. The number of rotatable bonds is 3. The van der Waals surface area contributed by atoms with Gasteiger partial charge in [0.05, 0.1) is 6.07 Å². The van der Waals surface area contributed by atoms with Gasteiger partial charge < -0.3 is 0 Å². The van der Waals surface area contributed by atoms with Gasteiger partial charge in [0, 0.05) is 23.2 Å². The number of Topliss-reactive ketones (excluding diaryl/α,β-unsaturated/α-hetero) is 1. The predicted octanol–water partition coefficient (Wildman–Crippen LogP) is 4.06. The largest absolute Gasteiger partial charge is 0.298 e. The topological polar surface area (TPSA) is 40.9 Å². The van der Waals surface area contributed by atoms with Gasteiger partial charge in [-0.1, -0.05) is 28.1 Å². The van der Waals surface area contributed by atoms with Crippen molar-refractivity contribution in [2.24, 2.45) is 5.92 Å². The lowest BCUT2D eigenvalue weighted by molar-refractivity contribution is -0.124. The van der Waals surface area contributed by atoms with Crippen LogP contribution >= 0.6 is 15.9 Å². The van der Waals surface area contributed by atoms with Crippen LogP contribution in [-0.2, 0) is 4.79 Å². The van der Waals surface area contributed by atoms with Crippen molar-refractivity contribution in [3.8, 4) is 6.07 Å². The minimum Gasteiger partial charge on any atom is -0.298 e. The molecule has 5 heteroatoms. The van der Waals surface area contributed by atoms with E-state index in [9.17, 15) is 13.6 Å². The molecule has 1 aromatic carbocycles. The number of halogens is 3. The Balaban J connectivity index is 2.17. The van der Waals surface area contributed by atoms with Crippen LogP contribution in [0.1, 0.15) is 30.7 Å². The van der Waals surface area contributed by atoms with Gasteiger partial charge in [-0.3, -0.25) is 4.79 Å². The molecule has 0 saturated heterocycles. The van der Waals surface area contributed by atoms with E-state index in [1.807, 2.05) is 6.07 Å². The summed E-state index contributed by atoms with van der Waals surface area (Å²) in [5, 5.41) is 9.14. The van der Waals surface area contributed by atoms with Gasteiger partial charge in [-0.15, -0.1) is 0 Å². The molecule has 0 heterocycles. The fourth-order valence-electron chi connectivity index (χ4n) is 2.39. The lowest BCUT2D eigenvalue weighted by Crippen LogP contribution is -2.21. The van der Waals surface area contributed by atoms with E-state index in [0.29, 0.717) is 5.56 Å². The first kappa shape index (κ1) is 14.1. The third-order valence-corrected chi connectivity index (χ3v) is 3.95. The second kappa shape index (κ2) is 5.38. The minimum atomic E-state index is -2.76. The van der Waals surface area contributed by atoms with E-state index in [0.717, 1.165) is 4.47 Å². The lowest BCUT2D eigenvalue weighted by Gasteiger charge is -2.14. The minimum absolute atomic E-state index is 0.167. The molecule has 100 valence electrons. The molecule has 2 unspecified atom stereocenters. The van der Waals surface area contributed by atoms with Crippen molar-refractivity contribution in [3.63, 3.8) is 0 Å². The zero-order chi connectivity index (χ0) is 14.0. The molecule has 0 amide bonds. The first-order valence-corrected chi connectivity index (χ1v) is 6.79. The fraction of sp³-hybridized carbons (Fsp3) is 0.429. The number of hydrogen-bond acceptors (Lipinski definition) is 2. The highest BCUT2D eigenvalue weighted by molar-refractivity contribution is 9.10. The Morgan fingerprint density at radius 2 is 2.05 bits per heavy atom. The number of carbonyl (C=O) groups excluding carboxylic acids is 1. The Kier molecular flexibility index (Phi) is 4.00. The molecule has 1 aliphatic rings. The molecule has 1 saturated carbocycles. The average molecular weight is 328 g/mol. The summed E-state index contributed by atoms with van der Waals surface area (Å²) >= 11 is 3.27. The molecular weight excluding hydrogens is 316 g/mol. The van der Waals surface area contributed by atoms with Crippen molar-refractivity contribution in [3.05, 3.63) is 34.3 Å². The normalized spacial score (nSPS) is 22.7. The van der Waals surface area contributed by atoms with Crippen LogP contribution < -0.4 is 0 Å². The molecule has 0 radical (unpaired) electrons. The molecule has 1 aliphatic carbocycles. The van der Waals surface area contributed by atoms with Gasteiger partial charge >= 0.3 is 0 Å². The van der Waals surface area contributed by atoms with Crippen molar-refractivity contribution >= 4 is 21.7 Å². The fourth-order valence-corrected chi connectivity index (χ4v) is 2.65. The van der Waals surface area contributed by atoms with Crippen LogP contribution in [0.5, 0.6) is 0 Å². The Bertz CT molecular complexity index is 521. The Morgan fingerprint density at radius 1 is 1.42 bits per heavy atom. The van der Waals surface area contributed by atoms with Crippen molar-refractivity contribution in [2.45, 2.75) is 31.1 Å². The SMILES string of the molecule is N#CC(C(=O)C1CCC(F)(F)C1)c1ccc(Br)cc1. The van der Waals surface area contributed by atoms with Crippen LogP contribution in [-0.4, -0.2) is 11.7 Å². The second-order valence-electron chi connectivity index (χ2n) is 4.81. The molecule has 1 aromatic rings. The maximum atomic E-state index is 13.1. The molecule has 19 heavy (non-hydrogen) atoms. The van der Waals surface area contributed by atoms with E-state index in [1.54, 1.807) is 24.3 Å². The molecule has 2 rings (SSSR count). The highest BCUT2D eigenvalue weighted by Gasteiger charge is 2.44. The standard InChI is InChI=1S/C14H12BrF2NO/c15-11-3-1-9(2-4-11)12(8-18)13(19)10-5-6-14(16,17)7-10/h1-4,10,12H,5-7H2. The lowest BCUT2D eigenvalue weighted by atomic mass is 9.87. The molecule has 2 nitrogen and oxygen atoms in total. The van der Waals surface area contributed by atoms with Crippen LogP contribution in [0, 0.1) is 17.2 Å². The van der Waals surface area contributed by atoms with E-state index in [-0.39, 0.29) is 18.6 Å². The first-order valence-electron chi connectivity index (χ1n) is 5.99. The molecule has 0 bridgehead atoms. The Morgan fingerprint density at radius 3 is 2.53 bits per heavy atom. The Labute approximate surface area is 118 Å². The van der Waals surface area contributed by atoms with Crippen LogP contribution in [0.25, 0.3) is 0 Å². The maximum absolute atomic E-state index is 13.1. The summed E-state index contributed by atoms with van der Waals surface area (Å²) in [6, 6.07) is 8.74. The quantitative estimate of drug-likeness (QED) is 0.839. The van der Waals surface area contributed by atoms with Gasteiger partial charge in [0.15, 0.2) is 5.78 Å². The smallest absolute Gasteiger partial charge is 0.248 e. The van der Waals surface area contributed by atoms with E-state index < -0.39 is 24.2 Å². The number of nitriles is 1. The first-order chi connectivity index (χ1) is 8.93. The molecule has 0 spiro atoms. The van der Waals surface area contributed by atoms with Gasteiger partial charge in [-0.25, -0.2) is 8.78 Å². The monoisotopic (exact) mass is 327 g/mol. The summed E-state index contributed by atoms with van der Waals surface area (Å²) in [7, 11) is 0. The van der Waals surface area contributed by atoms with Crippen molar-refractivity contribution in [2.75, 3.05) is 0 Å². The third kappa shape index (κ3) is 3.19. The van der Waals surface area contributed by atoms with E-state index >= 15 is 0 Å². The summed E-state index contributed by atoms with van der Waals surface area (Å²) in [4.78, 5) is 12.2. The van der Waals surface area contributed by atoms with Gasteiger partial charge in [-0.05, 0) is 24.1 Å². The number of nitrogens with zero attached hydrogens (tertiary/aromatic N) is 1. The second-order valence-corrected chi connectivity index (χ2v) is 5.73. The van der Waals surface area contributed by atoms with E-state index in [4.69, 9.17) is 5.26 Å². The third-order valence-electron chi connectivity index (χ3n) is 3.42. The zero-order valence-corrected chi connectivity index (χ0v) is 11.7. The van der Waals surface area contributed by atoms with E-state index in [1.165, 1.54) is 0 Å². The zero-order valence-electron chi connectivity index (χ0n) is 10.1. The summed E-state index contributed by atoms with van der Waals surface area (Å²) in [5.41, 5.74) is 0.561. The van der Waals surface area contributed by atoms with Crippen molar-refractivity contribution in [1.82, 2.24) is 0 Å². The maximum Gasteiger partial charge on any atom is 0.248 e. The number of hydrogen-bond donors (Lipinski definition) is 0. The van der Waals surface area contributed by atoms with E-state index in [2.05, 4.69) is 15.9 Å².